The third-order valence-corrected chi connectivity index (χ3v) is 4.55. The topological polar surface area (TPSA) is 52.1 Å². The zero-order chi connectivity index (χ0) is 17.9. The Bertz CT molecular complexity index is 353. The zero-order valence-corrected chi connectivity index (χ0v) is 19.4. The molecule has 1 rings (SSSR count). The van der Waals surface area contributed by atoms with Crippen molar-refractivity contribution in [2.24, 2.45) is 4.99 Å². The van der Waals surface area contributed by atoms with E-state index in [-0.39, 0.29) is 24.0 Å². The van der Waals surface area contributed by atoms with Crippen LogP contribution in [0, 0.1) is 0 Å². The summed E-state index contributed by atoms with van der Waals surface area (Å²) < 4.78 is 5.21. The van der Waals surface area contributed by atoms with Gasteiger partial charge < -0.3 is 15.4 Å². The number of guanidine groups is 1. The van der Waals surface area contributed by atoms with E-state index in [1.165, 1.54) is 12.8 Å². The first-order valence-electron chi connectivity index (χ1n) is 9.42. The van der Waals surface area contributed by atoms with E-state index in [0.717, 1.165) is 51.3 Å². The summed E-state index contributed by atoms with van der Waals surface area (Å²) in [6.07, 6.45) is 2.66. The molecule has 0 saturated heterocycles. The van der Waals surface area contributed by atoms with Crippen molar-refractivity contribution in [2.45, 2.75) is 58.7 Å². The number of nitrogens with one attached hydrogen (secondary N) is 2. The van der Waals surface area contributed by atoms with Gasteiger partial charge in [-0.1, -0.05) is 0 Å². The maximum absolute atomic E-state index is 5.21. The number of rotatable bonds is 12. The minimum absolute atomic E-state index is 0. The molecule has 150 valence electrons. The van der Waals surface area contributed by atoms with E-state index < -0.39 is 0 Å². The Kier molecular flexibility index (Phi) is 13.9. The molecule has 6 nitrogen and oxygen atoms in total. The lowest BCUT2D eigenvalue weighted by molar-refractivity contribution is 0.144. The van der Waals surface area contributed by atoms with E-state index in [1.807, 2.05) is 7.05 Å². The molecule has 25 heavy (non-hydrogen) atoms. The minimum Gasteiger partial charge on any atom is -0.383 e. The maximum atomic E-state index is 5.21. The summed E-state index contributed by atoms with van der Waals surface area (Å²) in [5.41, 5.74) is 0. The van der Waals surface area contributed by atoms with Gasteiger partial charge in [0.1, 0.15) is 0 Å². The van der Waals surface area contributed by atoms with Crippen molar-refractivity contribution >= 4 is 29.9 Å². The quantitative estimate of drug-likeness (QED) is 0.260. The summed E-state index contributed by atoms with van der Waals surface area (Å²) in [4.78, 5) is 9.33. The first-order valence-corrected chi connectivity index (χ1v) is 9.42. The van der Waals surface area contributed by atoms with Crippen molar-refractivity contribution in [3.8, 4) is 0 Å². The third kappa shape index (κ3) is 10.6. The van der Waals surface area contributed by atoms with Gasteiger partial charge in [-0.2, -0.15) is 0 Å². The summed E-state index contributed by atoms with van der Waals surface area (Å²) in [5, 5.41) is 6.85. The second-order valence-electron chi connectivity index (χ2n) is 7.11. The lowest BCUT2D eigenvalue weighted by Crippen LogP contribution is -2.46. The first kappa shape index (κ1) is 24.9. The van der Waals surface area contributed by atoms with E-state index >= 15 is 0 Å². The number of ether oxygens (including phenoxy) is 1. The first-order chi connectivity index (χ1) is 11.5. The molecular weight excluding hydrogens is 429 g/mol. The third-order valence-electron chi connectivity index (χ3n) is 4.55. The predicted molar refractivity (Wildman–Crippen MR) is 118 cm³/mol. The molecule has 0 bridgehead atoms. The average molecular weight is 469 g/mol. The second kappa shape index (κ2) is 14.0. The summed E-state index contributed by atoms with van der Waals surface area (Å²) in [7, 11) is 3.61. The Hall–Kier alpha value is -0.120. The highest BCUT2D eigenvalue weighted by Gasteiger charge is 2.28. The monoisotopic (exact) mass is 469 g/mol. The van der Waals surface area contributed by atoms with Crippen LogP contribution in [0.25, 0.3) is 0 Å². The fourth-order valence-electron chi connectivity index (χ4n) is 3.08. The van der Waals surface area contributed by atoms with Crippen LogP contribution in [0.4, 0.5) is 0 Å². The van der Waals surface area contributed by atoms with Gasteiger partial charge in [0.05, 0.1) is 6.61 Å². The molecule has 1 aliphatic carbocycles. The fraction of sp³-hybridized carbons (Fsp3) is 0.944. The molecule has 0 amide bonds. The van der Waals surface area contributed by atoms with Gasteiger partial charge in [-0.25, -0.2) is 0 Å². The molecule has 0 aromatic carbocycles. The fourth-order valence-corrected chi connectivity index (χ4v) is 3.08. The van der Waals surface area contributed by atoms with E-state index in [2.05, 4.69) is 53.1 Å². The predicted octanol–water partition coefficient (Wildman–Crippen LogP) is 2.00. The van der Waals surface area contributed by atoms with Crippen molar-refractivity contribution in [2.75, 3.05) is 53.5 Å². The number of halogens is 1. The van der Waals surface area contributed by atoms with Gasteiger partial charge in [0, 0.05) is 65.0 Å². The average Bonchev–Trinajstić information content (AvgIpc) is 3.36. The zero-order valence-electron chi connectivity index (χ0n) is 17.0. The largest absolute Gasteiger partial charge is 0.383 e. The van der Waals surface area contributed by atoms with Crippen molar-refractivity contribution in [3.63, 3.8) is 0 Å². The Morgan fingerprint density at radius 3 is 2.04 bits per heavy atom. The molecule has 0 spiro atoms. The van der Waals surface area contributed by atoms with Gasteiger partial charge >= 0.3 is 0 Å². The summed E-state index contributed by atoms with van der Waals surface area (Å²) >= 11 is 0. The lowest BCUT2D eigenvalue weighted by Gasteiger charge is -2.30. The van der Waals surface area contributed by atoms with E-state index in [0.29, 0.717) is 12.1 Å². The van der Waals surface area contributed by atoms with Crippen LogP contribution in [-0.2, 0) is 4.74 Å². The van der Waals surface area contributed by atoms with Gasteiger partial charge in [0.15, 0.2) is 5.96 Å². The molecule has 0 unspecified atom stereocenters. The molecule has 1 aliphatic rings. The van der Waals surface area contributed by atoms with Crippen LogP contribution >= 0.6 is 24.0 Å². The van der Waals surface area contributed by atoms with Crippen LogP contribution in [0.1, 0.15) is 40.5 Å². The summed E-state index contributed by atoms with van der Waals surface area (Å²) in [6, 6.07) is 1.90. The van der Waals surface area contributed by atoms with Crippen LogP contribution in [-0.4, -0.2) is 87.4 Å². The normalized spacial score (nSPS) is 15.2. The van der Waals surface area contributed by atoms with E-state index in [9.17, 15) is 0 Å². The highest BCUT2D eigenvalue weighted by molar-refractivity contribution is 14.0. The number of nitrogens with zero attached hydrogens (tertiary/aromatic N) is 3. The van der Waals surface area contributed by atoms with E-state index in [4.69, 9.17) is 4.74 Å². The molecule has 2 N–H and O–H groups in total. The number of hydrogen-bond donors (Lipinski definition) is 2. The highest BCUT2D eigenvalue weighted by Crippen LogP contribution is 2.25. The minimum atomic E-state index is 0. The van der Waals surface area contributed by atoms with Gasteiger partial charge in [-0.15, -0.1) is 24.0 Å². The molecule has 0 atom stereocenters. The van der Waals surface area contributed by atoms with Crippen molar-refractivity contribution in [1.29, 1.82) is 0 Å². The maximum Gasteiger partial charge on any atom is 0.191 e. The van der Waals surface area contributed by atoms with Crippen molar-refractivity contribution < 1.29 is 4.74 Å². The van der Waals surface area contributed by atoms with Crippen LogP contribution in [0.2, 0.25) is 0 Å². The molecule has 0 aromatic heterocycles. The van der Waals surface area contributed by atoms with Gasteiger partial charge in [0.2, 0.25) is 0 Å². The Labute approximate surface area is 172 Å². The molecular formula is C18H40IN5O. The molecule has 7 heteroatoms. The number of aliphatic imine (C=N–C) groups is 1. The smallest absolute Gasteiger partial charge is 0.191 e. The molecule has 0 radical (unpaired) electrons. The van der Waals surface area contributed by atoms with Crippen LogP contribution in [0.5, 0.6) is 0 Å². The number of hydrogen-bond acceptors (Lipinski definition) is 4. The summed E-state index contributed by atoms with van der Waals surface area (Å²) in [5.74, 6) is 0.893. The van der Waals surface area contributed by atoms with Crippen LogP contribution < -0.4 is 10.6 Å². The van der Waals surface area contributed by atoms with E-state index in [1.54, 1.807) is 7.11 Å². The van der Waals surface area contributed by atoms with Crippen molar-refractivity contribution in [1.82, 2.24) is 20.4 Å². The van der Waals surface area contributed by atoms with Gasteiger partial charge in [0.25, 0.3) is 0 Å². The van der Waals surface area contributed by atoms with Crippen LogP contribution in [0.3, 0.4) is 0 Å². The lowest BCUT2D eigenvalue weighted by atomic mass is 10.2. The van der Waals surface area contributed by atoms with Crippen LogP contribution in [0.15, 0.2) is 4.99 Å². The Balaban J connectivity index is 0.00000576. The Morgan fingerprint density at radius 2 is 1.60 bits per heavy atom. The molecule has 0 heterocycles. The molecule has 1 saturated carbocycles. The molecule has 0 aliphatic heterocycles. The van der Waals surface area contributed by atoms with Gasteiger partial charge in [-0.05, 0) is 40.5 Å². The number of methoxy groups -OCH3 is 1. The van der Waals surface area contributed by atoms with Crippen molar-refractivity contribution in [3.05, 3.63) is 0 Å². The molecule has 1 fully saturated rings. The SMILES string of the molecule is CN=C(NCCN(CCOC)C1CC1)NCCN(C(C)C)C(C)C.I. The standard InChI is InChI=1S/C18H39N5O.HI/c1-15(2)23(16(3)4)12-10-21-18(19-5)20-9-11-22(13-14-24-6)17-7-8-17;/h15-17H,7-14H2,1-6H3,(H2,19,20,21);1H. The van der Waals surface area contributed by atoms with Gasteiger partial charge in [-0.3, -0.25) is 14.8 Å². The Morgan fingerprint density at radius 1 is 1.04 bits per heavy atom. The molecule has 0 aromatic rings. The second-order valence-corrected chi connectivity index (χ2v) is 7.11. The highest BCUT2D eigenvalue weighted by atomic mass is 127. The summed E-state index contributed by atoms with van der Waals surface area (Å²) in [6.45, 7) is 14.7.